The molecule has 0 bridgehead atoms. The summed E-state index contributed by atoms with van der Waals surface area (Å²) in [6.07, 6.45) is 3.80. The largest absolute Gasteiger partial charge is 0.359 e. The second-order valence-corrected chi connectivity index (χ2v) is 3.90. The lowest BCUT2D eigenvalue weighted by Gasteiger charge is -2.42. The van der Waals surface area contributed by atoms with E-state index in [-0.39, 0.29) is 5.72 Å². The molecule has 2 aliphatic heterocycles. The molecule has 2 heterocycles. The fourth-order valence-corrected chi connectivity index (χ4v) is 2.51. The predicted octanol–water partition coefficient (Wildman–Crippen LogP) is 1.55. The zero-order valence-corrected chi connectivity index (χ0v) is 7.43. The Labute approximate surface area is 69.0 Å². The van der Waals surface area contributed by atoms with Crippen LogP contribution < -0.4 is 0 Å². The van der Waals surface area contributed by atoms with E-state index in [0.29, 0.717) is 0 Å². The standard InChI is InChI=1S/C6H10INO/c7-8-4-1-2-6(8)3-5-9-6/h1-5H2. The van der Waals surface area contributed by atoms with Crippen LogP contribution in [0.1, 0.15) is 19.3 Å². The number of hydrogen-bond acceptors (Lipinski definition) is 2. The second-order valence-electron chi connectivity index (χ2n) is 2.73. The Morgan fingerprint density at radius 2 is 2.22 bits per heavy atom. The first-order valence-corrected chi connectivity index (χ1v) is 4.37. The van der Waals surface area contributed by atoms with Crippen LogP contribution in [0.3, 0.4) is 0 Å². The molecule has 9 heavy (non-hydrogen) atoms. The Morgan fingerprint density at radius 1 is 1.44 bits per heavy atom. The molecule has 2 rings (SSSR count). The molecule has 1 spiro atoms. The zero-order valence-electron chi connectivity index (χ0n) is 5.27. The Bertz CT molecular complexity index is 124. The van der Waals surface area contributed by atoms with Crippen molar-refractivity contribution in [2.24, 2.45) is 0 Å². The van der Waals surface area contributed by atoms with Crippen LogP contribution >= 0.6 is 22.9 Å². The van der Waals surface area contributed by atoms with E-state index in [1.807, 2.05) is 0 Å². The van der Waals surface area contributed by atoms with Crippen molar-refractivity contribution >= 4 is 22.9 Å². The van der Waals surface area contributed by atoms with Gasteiger partial charge < -0.3 is 4.74 Å². The Hall–Kier alpha value is 0.650. The minimum absolute atomic E-state index is 0.195. The quantitative estimate of drug-likeness (QED) is 0.469. The molecule has 0 aliphatic carbocycles. The Balaban J connectivity index is 2.09. The van der Waals surface area contributed by atoms with Gasteiger partial charge in [-0.25, -0.2) is 3.11 Å². The third-order valence-electron chi connectivity index (χ3n) is 2.23. The normalized spacial score (nSPS) is 43.7. The number of rotatable bonds is 0. The average Bonchev–Trinajstić information content (AvgIpc) is 2.07. The molecule has 2 saturated heterocycles. The number of halogens is 1. The molecular formula is C6H10INO. The molecule has 1 unspecified atom stereocenters. The first kappa shape index (κ1) is 6.37. The molecule has 0 aromatic heterocycles. The van der Waals surface area contributed by atoms with Crippen LogP contribution in [0.15, 0.2) is 0 Å². The zero-order chi connectivity index (χ0) is 6.32. The average molecular weight is 239 g/mol. The van der Waals surface area contributed by atoms with Crippen molar-refractivity contribution in [3.8, 4) is 0 Å². The molecule has 3 heteroatoms. The smallest absolute Gasteiger partial charge is 0.132 e. The highest BCUT2D eigenvalue weighted by molar-refractivity contribution is 14.1. The van der Waals surface area contributed by atoms with Gasteiger partial charge in [0, 0.05) is 35.8 Å². The van der Waals surface area contributed by atoms with Gasteiger partial charge in [0.05, 0.1) is 6.61 Å². The summed E-state index contributed by atoms with van der Waals surface area (Å²) in [4.78, 5) is 0. The molecule has 52 valence electrons. The first-order valence-electron chi connectivity index (χ1n) is 3.41. The van der Waals surface area contributed by atoms with Crippen LogP contribution in [-0.4, -0.2) is 22.0 Å². The van der Waals surface area contributed by atoms with Crippen molar-refractivity contribution in [2.75, 3.05) is 13.2 Å². The van der Waals surface area contributed by atoms with E-state index in [2.05, 4.69) is 26.0 Å². The summed E-state index contributed by atoms with van der Waals surface area (Å²) in [6.45, 7) is 2.18. The van der Waals surface area contributed by atoms with Crippen molar-refractivity contribution in [1.82, 2.24) is 3.11 Å². The van der Waals surface area contributed by atoms with Crippen molar-refractivity contribution < 1.29 is 4.74 Å². The maximum atomic E-state index is 5.51. The lowest BCUT2D eigenvalue weighted by atomic mass is 10.0. The minimum atomic E-state index is 0.195. The van der Waals surface area contributed by atoms with Gasteiger partial charge in [-0.2, -0.15) is 0 Å². The SMILES string of the molecule is IN1CCCC12CCO2. The van der Waals surface area contributed by atoms with E-state index in [4.69, 9.17) is 4.74 Å². The first-order chi connectivity index (χ1) is 4.33. The molecule has 2 aliphatic rings. The molecular weight excluding hydrogens is 229 g/mol. The van der Waals surface area contributed by atoms with E-state index >= 15 is 0 Å². The third-order valence-corrected chi connectivity index (χ3v) is 3.59. The second kappa shape index (κ2) is 2.07. The van der Waals surface area contributed by atoms with E-state index in [0.717, 1.165) is 6.61 Å². The summed E-state index contributed by atoms with van der Waals surface area (Å²) in [7, 11) is 0. The molecule has 0 radical (unpaired) electrons. The number of nitrogens with zero attached hydrogens (tertiary/aromatic N) is 1. The maximum absolute atomic E-state index is 5.51. The highest BCUT2D eigenvalue weighted by Gasteiger charge is 2.46. The van der Waals surface area contributed by atoms with Crippen LogP contribution in [0.5, 0.6) is 0 Å². The van der Waals surface area contributed by atoms with Crippen LogP contribution in [-0.2, 0) is 4.74 Å². The molecule has 0 N–H and O–H groups in total. The summed E-state index contributed by atoms with van der Waals surface area (Å²) >= 11 is 2.37. The van der Waals surface area contributed by atoms with Gasteiger partial charge in [-0.1, -0.05) is 0 Å². The highest BCUT2D eigenvalue weighted by Crippen LogP contribution is 2.41. The summed E-state index contributed by atoms with van der Waals surface area (Å²) < 4.78 is 7.82. The van der Waals surface area contributed by atoms with E-state index in [9.17, 15) is 0 Å². The third kappa shape index (κ3) is 0.816. The van der Waals surface area contributed by atoms with Gasteiger partial charge in [-0.05, 0) is 12.8 Å². The van der Waals surface area contributed by atoms with Crippen LogP contribution in [0.25, 0.3) is 0 Å². The molecule has 2 nitrogen and oxygen atoms in total. The van der Waals surface area contributed by atoms with E-state index < -0.39 is 0 Å². The van der Waals surface area contributed by atoms with Gasteiger partial charge in [0.15, 0.2) is 0 Å². The number of hydrogen-bond donors (Lipinski definition) is 0. The summed E-state index contributed by atoms with van der Waals surface area (Å²) in [5, 5.41) is 0. The predicted molar refractivity (Wildman–Crippen MR) is 43.3 cm³/mol. The molecule has 0 aromatic carbocycles. The minimum Gasteiger partial charge on any atom is -0.359 e. The highest BCUT2D eigenvalue weighted by atomic mass is 127. The molecule has 1 atom stereocenters. The van der Waals surface area contributed by atoms with Crippen LogP contribution in [0, 0.1) is 0 Å². The van der Waals surface area contributed by atoms with E-state index in [1.165, 1.54) is 25.8 Å². The summed E-state index contributed by atoms with van der Waals surface area (Å²) in [5.74, 6) is 0. The van der Waals surface area contributed by atoms with Crippen molar-refractivity contribution in [2.45, 2.75) is 25.0 Å². The summed E-state index contributed by atoms with van der Waals surface area (Å²) in [6, 6.07) is 0. The van der Waals surface area contributed by atoms with Gasteiger partial charge in [-0.15, -0.1) is 0 Å². The van der Waals surface area contributed by atoms with Gasteiger partial charge in [0.1, 0.15) is 5.72 Å². The molecule has 0 amide bonds. The van der Waals surface area contributed by atoms with Gasteiger partial charge in [0.25, 0.3) is 0 Å². The van der Waals surface area contributed by atoms with Crippen LogP contribution in [0.2, 0.25) is 0 Å². The lowest BCUT2D eigenvalue weighted by molar-refractivity contribution is -0.185. The Kier molecular flexibility index (Phi) is 1.46. The molecule has 0 aromatic rings. The van der Waals surface area contributed by atoms with Gasteiger partial charge in [-0.3, -0.25) is 0 Å². The topological polar surface area (TPSA) is 12.5 Å². The summed E-state index contributed by atoms with van der Waals surface area (Å²) in [5.41, 5.74) is 0.195. The monoisotopic (exact) mass is 239 g/mol. The fourth-order valence-electron chi connectivity index (χ4n) is 1.55. The van der Waals surface area contributed by atoms with Crippen molar-refractivity contribution in [3.63, 3.8) is 0 Å². The molecule has 2 fully saturated rings. The van der Waals surface area contributed by atoms with Crippen LogP contribution in [0.4, 0.5) is 0 Å². The fraction of sp³-hybridized carbons (Fsp3) is 1.00. The van der Waals surface area contributed by atoms with Gasteiger partial charge >= 0.3 is 0 Å². The molecule has 0 saturated carbocycles. The van der Waals surface area contributed by atoms with Gasteiger partial charge in [0.2, 0.25) is 0 Å². The van der Waals surface area contributed by atoms with E-state index in [1.54, 1.807) is 0 Å². The maximum Gasteiger partial charge on any atom is 0.132 e. The van der Waals surface area contributed by atoms with Crippen molar-refractivity contribution in [1.29, 1.82) is 0 Å². The Morgan fingerprint density at radius 3 is 2.44 bits per heavy atom. The number of ether oxygens (including phenoxy) is 1. The lowest BCUT2D eigenvalue weighted by Crippen LogP contribution is -2.49. The van der Waals surface area contributed by atoms with Crippen molar-refractivity contribution in [3.05, 3.63) is 0 Å².